The van der Waals surface area contributed by atoms with Crippen molar-refractivity contribution in [1.29, 1.82) is 0 Å². The van der Waals surface area contributed by atoms with Crippen LogP contribution in [0.4, 0.5) is 17.1 Å². The molecule has 3 heteroatoms. The smallest absolute Gasteiger partial charge is 0.160 e. The van der Waals surface area contributed by atoms with Crippen molar-refractivity contribution in [2.45, 2.75) is 0 Å². The minimum Gasteiger partial charge on any atom is -0.456 e. The van der Waals surface area contributed by atoms with Gasteiger partial charge in [-0.1, -0.05) is 133 Å². The van der Waals surface area contributed by atoms with Crippen LogP contribution in [0.1, 0.15) is 0 Å². The molecule has 0 aliphatic carbocycles. The minimum atomic E-state index is 0.856. The van der Waals surface area contributed by atoms with E-state index < -0.39 is 0 Å². The Morgan fingerprint density at radius 1 is 0.347 bits per heavy atom. The van der Waals surface area contributed by atoms with E-state index in [1.54, 1.807) is 0 Å². The highest BCUT2D eigenvalue weighted by Gasteiger charge is 2.23. The van der Waals surface area contributed by atoms with Gasteiger partial charge in [-0.2, -0.15) is 0 Å². The topological polar surface area (TPSA) is 29.5 Å². The molecule has 0 fully saturated rings. The van der Waals surface area contributed by atoms with Crippen LogP contribution >= 0.6 is 0 Å². The van der Waals surface area contributed by atoms with E-state index in [4.69, 9.17) is 8.83 Å². The van der Waals surface area contributed by atoms with Gasteiger partial charge in [-0.3, -0.25) is 0 Å². The lowest BCUT2D eigenvalue weighted by molar-refractivity contribution is 0.668. The zero-order chi connectivity index (χ0) is 32.3. The first kappa shape index (κ1) is 27.5. The number of hydrogen-bond acceptors (Lipinski definition) is 3. The molecule has 2 heterocycles. The van der Waals surface area contributed by atoms with Gasteiger partial charge in [0, 0.05) is 32.6 Å². The van der Waals surface area contributed by atoms with Gasteiger partial charge >= 0.3 is 0 Å². The normalized spacial score (nSPS) is 11.7. The summed E-state index contributed by atoms with van der Waals surface area (Å²) >= 11 is 0. The highest BCUT2D eigenvalue weighted by Crippen LogP contribution is 2.47. The summed E-state index contributed by atoms with van der Waals surface area (Å²) in [7, 11) is 0. The fourth-order valence-corrected chi connectivity index (χ4v) is 7.47. The number of hydrogen-bond donors (Lipinski definition) is 0. The van der Waals surface area contributed by atoms with Crippen LogP contribution in [0.2, 0.25) is 0 Å². The number of fused-ring (bicyclic) bond motifs is 7. The molecule has 0 spiro atoms. The maximum absolute atomic E-state index is 6.80. The van der Waals surface area contributed by atoms with Crippen molar-refractivity contribution in [3.8, 4) is 22.3 Å². The molecular weight excluding hydrogens is 599 g/mol. The highest BCUT2D eigenvalue weighted by molar-refractivity contribution is 6.17. The average molecular weight is 628 g/mol. The summed E-state index contributed by atoms with van der Waals surface area (Å²) in [5.41, 5.74) is 11.2. The summed E-state index contributed by atoms with van der Waals surface area (Å²) in [5, 5.41) is 6.83. The van der Waals surface area contributed by atoms with Crippen LogP contribution in [0.5, 0.6) is 0 Å². The number of rotatable bonds is 5. The molecule has 0 radical (unpaired) electrons. The van der Waals surface area contributed by atoms with Crippen molar-refractivity contribution in [1.82, 2.24) is 0 Å². The fraction of sp³-hybridized carbons (Fsp3) is 0. The first-order chi connectivity index (χ1) is 24.3. The second kappa shape index (κ2) is 11.0. The Kier molecular flexibility index (Phi) is 6.18. The molecule has 10 aromatic rings. The minimum absolute atomic E-state index is 0.856. The van der Waals surface area contributed by atoms with E-state index in [0.29, 0.717) is 0 Å². The van der Waals surface area contributed by atoms with Gasteiger partial charge in [0.05, 0.1) is 11.4 Å². The van der Waals surface area contributed by atoms with Crippen molar-refractivity contribution < 1.29 is 8.83 Å². The van der Waals surface area contributed by atoms with Crippen molar-refractivity contribution in [2.75, 3.05) is 4.90 Å². The first-order valence-electron chi connectivity index (χ1n) is 16.6. The Morgan fingerprint density at radius 3 is 1.76 bits per heavy atom. The molecule has 0 aliphatic rings. The Balaban J connectivity index is 1.22. The summed E-state index contributed by atoms with van der Waals surface area (Å²) in [6.07, 6.45) is 0. The quantitative estimate of drug-likeness (QED) is 0.190. The van der Waals surface area contributed by atoms with Crippen molar-refractivity contribution in [2.24, 2.45) is 0 Å². The summed E-state index contributed by atoms with van der Waals surface area (Å²) in [6, 6.07) is 61.9. The number of nitrogens with zero attached hydrogens (tertiary/aromatic N) is 1. The third-order valence-electron chi connectivity index (χ3n) is 9.68. The van der Waals surface area contributed by atoms with Crippen LogP contribution in [0.25, 0.3) is 76.9 Å². The van der Waals surface area contributed by atoms with Crippen LogP contribution in [0.15, 0.2) is 185 Å². The van der Waals surface area contributed by atoms with Gasteiger partial charge in [0.15, 0.2) is 5.58 Å². The second-order valence-electron chi connectivity index (χ2n) is 12.5. The molecule has 49 heavy (non-hydrogen) atoms. The maximum atomic E-state index is 6.80. The molecule has 0 unspecified atom stereocenters. The van der Waals surface area contributed by atoms with Gasteiger partial charge in [0.25, 0.3) is 0 Å². The van der Waals surface area contributed by atoms with E-state index in [2.05, 4.69) is 157 Å². The molecule has 0 saturated heterocycles. The molecule has 2 aromatic heterocycles. The number of furan rings is 2. The molecule has 3 nitrogen and oxygen atoms in total. The van der Waals surface area contributed by atoms with Gasteiger partial charge in [-0.05, 0) is 70.1 Å². The molecule has 0 N–H and O–H groups in total. The van der Waals surface area contributed by atoms with Crippen LogP contribution in [-0.4, -0.2) is 0 Å². The highest BCUT2D eigenvalue weighted by atomic mass is 16.3. The van der Waals surface area contributed by atoms with Crippen LogP contribution in [-0.2, 0) is 0 Å². The standard InChI is InChI=1S/C46H29NO2/c1-2-12-31(13-3-1)36-28-29-40(46-45(36)38-18-7-9-22-42(38)49-46)47(39-20-10-15-30-14-4-5-16-34(30)39)33-26-24-32(25-27-33)35-19-11-23-43-44(35)37-17-6-8-21-41(37)48-43/h1-29H. The Hall–Kier alpha value is -6.58. The Morgan fingerprint density at radius 2 is 0.939 bits per heavy atom. The fourth-order valence-electron chi connectivity index (χ4n) is 7.47. The molecule has 230 valence electrons. The maximum Gasteiger partial charge on any atom is 0.160 e. The van der Waals surface area contributed by atoms with Crippen molar-refractivity contribution in [3.63, 3.8) is 0 Å². The number of benzene rings is 8. The molecule has 0 saturated carbocycles. The predicted molar refractivity (Wildman–Crippen MR) is 204 cm³/mol. The number of anilines is 3. The first-order valence-corrected chi connectivity index (χ1v) is 16.6. The molecular formula is C46H29NO2. The van der Waals surface area contributed by atoms with Crippen molar-refractivity contribution in [3.05, 3.63) is 176 Å². The summed E-state index contributed by atoms with van der Waals surface area (Å²) in [5.74, 6) is 0. The van der Waals surface area contributed by atoms with Gasteiger partial charge in [0.1, 0.15) is 16.7 Å². The van der Waals surface area contributed by atoms with E-state index in [-0.39, 0.29) is 0 Å². The lowest BCUT2D eigenvalue weighted by atomic mass is 9.97. The molecule has 8 aromatic carbocycles. The van der Waals surface area contributed by atoms with Crippen LogP contribution in [0.3, 0.4) is 0 Å². The van der Waals surface area contributed by atoms with Crippen molar-refractivity contribution >= 4 is 71.7 Å². The summed E-state index contributed by atoms with van der Waals surface area (Å²) in [6.45, 7) is 0. The monoisotopic (exact) mass is 627 g/mol. The van der Waals surface area contributed by atoms with E-state index >= 15 is 0 Å². The summed E-state index contributed by atoms with van der Waals surface area (Å²) in [4.78, 5) is 2.35. The van der Waals surface area contributed by atoms with E-state index in [1.165, 1.54) is 10.8 Å². The van der Waals surface area contributed by atoms with E-state index in [9.17, 15) is 0 Å². The SMILES string of the molecule is c1ccc(-c2ccc(N(c3ccc(-c4cccc5oc6ccccc6c45)cc3)c3cccc4ccccc34)c3oc4ccccc4c23)cc1. The predicted octanol–water partition coefficient (Wildman–Crippen LogP) is 13.4. The third-order valence-corrected chi connectivity index (χ3v) is 9.68. The number of para-hydroxylation sites is 2. The molecule has 0 atom stereocenters. The summed E-state index contributed by atoms with van der Waals surface area (Å²) < 4.78 is 13.0. The average Bonchev–Trinajstić information content (AvgIpc) is 3.75. The Labute approximate surface area is 282 Å². The molecule has 0 amide bonds. The lowest BCUT2D eigenvalue weighted by Gasteiger charge is -2.27. The van der Waals surface area contributed by atoms with Gasteiger partial charge in [-0.15, -0.1) is 0 Å². The van der Waals surface area contributed by atoms with Gasteiger partial charge in [0.2, 0.25) is 0 Å². The lowest BCUT2D eigenvalue weighted by Crippen LogP contribution is -2.11. The van der Waals surface area contributed by atoms with Gasteiger partial charge in [-0.25, -0.2) is 0 Å². The van der Waals surface area contributed by atoms with Crippen LogP contribution < -0.4 is 4.90 Å². The zero-order valence-corrected chi connectivity index (χ0v) is 26.5. The molecule has 10 rings (SSSR count). The second-order valence-corrected chi connectivity index (χ2v) is 12.5. The zero-order valence-electron chi connectivity index (χ0n) is 26.5. The molecule has 0 bridgehead atoms. The van der Waals surface area contributed by atoms with Crippen LogP contribution in [0, 0.1) is 0 Å². The third kappa shape index (κ3) is 4.37. The van der Waals surface area contributed by atoms with E-state index in [1.807, 2.05) is 24.3 Å². The largest absolute Gasteiger partial charge is 0.456 e. The Bertz CT molecular complexity index is 2820. The van der Waals surface area contributed by atoms with E-state index in [0.717, 1.165) is 83.2 Å². The molecule has 0 aliphatic heterocycles. The van der Waals surface area contributed by atoms with Gasteiger partial charge < -0.3 is 13.7 Å².